The summed E-state index contributed by atoms with van der Waals surface area (Å²) in [5.74, 6) is 0.548. The molecule has 4 rings (SSSR count). The van der Waals surface area contributed by atoms with Crippen LogP contribution in [0.3, 0.4) is 0 Å². The summed E-state index contributed by atoms with van der Waals surface area (Å²) in [6, 6.07) is 12.4. The molecule has 0 atom stereocenters. The Kier molecular flexibility index (Phi) is 6.30. The minimum absolute atomic E-state index is 0.0103. The summed E-state index contributed by atoms with van der Waals surface area (Å²) >= 11 is 0. The number of fused-ring (bicyclic) bond motifs is 1. The summed E-state index contributed by atoms with van der Waals surface area (Å²) in [5.41, 5.74) is 1.01. The molecule has 1 aromatic heterocycles. The molecule has 1 saturated heterocycles. The van der Waals surface area contributed by atoms with Gasteiger partial charge in [0.1, 0.15) is 5.75 Å². The predicted octanol–water partition coefficient (Wildman–Crippen LogP) is 1.25. The average Bonchev–Trinajstić information content (AvgIpc) is 2.84. The van der Waals surface area contributed by atoms with E-state index >= 15 is 0 Å². The fourth-order valence-corrected chi connectivity index (χ4v) is 4.14. The van der Waals surface area contributed by atoms with E-state index < -0.39 is 11.1 Å². The highest BCUT2D eigenvalue weighted by molar-refractivity contribution is 5.97. The van der Waals surface area contributed by atoms with Gasteiger partial charge in [0.15, 0.2) is 0 Å². The molecule has 1 N–H and O–H groups in total. The molecule has 33 heavy (non-hydrogen) atoms. The maximum Gasteiger partial charge on any atom is 0.316 e. The van der Waals surface area contributed by atoms with E-state index in [4.69, 9.17) is 4.74 Å². The molecule has 2 heterocycles. The lowest BCUT2D eigenvalue weighted by Gasteiger charge is -2.35. The highest BCUT2D eigenvalue weighted by atomic mass is 16.5. The second-order valence-electron chi connectivity index (χ2n) is 7.94. The quantitative estimate of drug-likeness (QED) is 0.589. The first-order valence-corrected chi connectivity index (χ1v) is 10.9. The van der Waals surface area contributed by atoms with Gasteiger partial charge in [-0.3, -0.25) is 19.2 Å². The number of H-pyrrole nitrogens is 1. The number of hydrogen-bond donors (Lipinski definition) is 1. The number of amides is 2. The first-order valence-electron chi connectivity index (χ1n) is 10.9. The number of carbonyl (C=O) groups is 2. The van der Waals surface area contributed by atoms with Crippen molar-refractivity contribution in [3.63, 3.8) is 0 Å². The summed E-state index contributed by atoms with van der Waals surface area (Å²) in [6.45, 7) is 3.90. The van der Waals surface area contributed by atoms with Crippen LogP contribution >= 0.6 is 0 Å². The molecular weight excluding hydrogens is 424 g/mol. The lowest BCUT2D eigenvalue weighted by molar-refractivity contribution is -0.131. The van der Waals surface area contributed by atoms with Gasteiger partial charge in [0.05, 0.1) is 24.6 Å². The van der Waals surface area contributed by atoms with E-state index in [1.165, 1.54) is 4.57 Å². The van der Waals surface area contributed by atoms with Crippen molar-refractivity contribution in [2.24, 2.45) is 0 Å². The van der Waals surface area contributed by atoms with Gasteiger partial charge in [-0.25, -0.2) is 0 Å². The van der Waals surface area contributed by atoms with Gasteiger partial charge in [0, 0.05) is 38.3 Å². The number of methoxy groups -OCH3 is 1. The van der Waals surface area contributed by atoms with Crippen molar-refractivity contribution in [3.05, 3.63) is 74.3 Å². The highest BCUT2D eigenvalue weighted by Gasteiger charge is 2.25. The van der Waals surface area contributed by atoms with E-state index in [1.54, 1.807) is 42.0 Å². The summed E-state index contributed by atoms with van der Waals surface area (Å²) in [5, 5.41) is 0. The first-order chi connectivity index (χ1) is 15.9. The Hall–Kier alpha value is -3.88. The van der Waals surface area contributed by atoms with E-state index in [0.717, 1.165) is 5.56 Å². The highest BCUT2D eigenvalue weighted by Crippen LogP contribution is 2.17. The van der Waals surface area contributed by atoms with Crippen LogP contribution in [0.25, 0.3) is 11.0 Å². The van der Waals surface area contributed by atoms with Gasteiger partial charge >= 0.3 is 11.1 Å². The average molecular weight is 450 g/mol. The minimum Gasteiger partial charge on any atom is -0.497 e. The van der Waals surface area contributed by atoms with Crippen molar-refractivity contribution in [2.45, 2.75) is 19.9 Å². The maximum atomic E-state index is 13.0. The Morgan fingerprint density at radius 3 is 2.42 bits per heavy atom. The molecule has 9 nitrogen and oxygen atoms in total. The van der Waals surface area contributed by atoms with Crippen LogP contribution in [0.15, 0.2) is 52.1 Å². The largest absolute Gasteiger partial charge is 0.497 e. The number of nitrogens with zero attached hydrogens (tertiary/aromatic N) is 3. The summed E-state index contributed by atoms with van der Waals surface area (Å²) in [7, 11) is 1.59. The lowest BCUT2D eigenvalue weighted by Crippen LogP contribution is -2.51. The van der Waals surface area contributed by atoms with Crippen LogP contribution in [-0.4, -0.2) is 64.5 Å². The van der Waals surface area contributed by atoms with Crippen LogP contribution in [-0.2, 0) is 17.8 Å². The lowest BCUT2D eigenvalue weighted by atomic mass is 10.1. The van der Waals surface area contributed by atoms with E-state index in [9.17, 15) is 19.2 Å². The topological polar surface area (TPSA) is 105 Å². The number of hydrogen-bond acceptors (Lipinski definition) is 5. The van der Waals surface area contributed by atoms with E-state index in [-0.39, 0.29) is 18.2 Å². The van der Waals surface area contributed by atoms with E-state index in [2.05, 4.69) is 4.98 Å². The minimum atomic E-state index is -0.711. The maximum absolute atomic E-state index is 13.0. The summed E-state index contributed by atoms with van der Waals surface area (Å²) < 4.78 is 6.59. The molecule has 1 aliphatic heterocycles. The van der Waals surface area contributed by atoms with Crippen molar-refractivity contribution in [3.8, 4) is 5.75 Å². The molecule has 1 aliphatic rings. The van der Waals surface area contributed by atoms with Crippen LogP contribution in [0, 0.1) is 0 Å². The molecule has 9 heteroatoms. The third-order valence-electron chi connectivity index (χ3n) is 5.95. The second-order valence-corrected chi connectivity index (χ2v) is 7.94. The molecule has 0 aliphatic carbocycles. The molecule has 172 valence electrons. The standard InChI is InChI=1S/C24H26N4O5/c1-3-28-20-8-7-17(15-19(20)25-22(30)24(28)32)23(31)27-11-9-26(10-12-27)21(29)14-16-5-4-6-18(13-16)33-2/h4-8,13,15H,3,9-12,14H2,1-2H3,(H,25,30). The summed E-state index contributed by atoms with van der Waals surface area (Å²) in [4.78, 5) is 55.7. The molecule has 0 saturated carbocycles. The van der Waals surface area contributed by atoms with E-state index in [0.29, 0.717) is 55.1 Å². The first kappa shape index (κ1) is 22.3. The number of benzene rings is 2. The second kappa shape index (κ2) is 9.32. The molecule has 0 spiro atoms. The number of nitrogens with one attached hydrogen (secondary N) is 1. The zero-order valence-corrected chi connectivity index (χ0v) is 18.7. The number of rotatable bonds is 5. The van der Waals surface area contributed by atoms with Crippen molar-refractivity contribution in [1.29, 1.82) is 0 Å². The fraction of sp³-hybridized carbons (Fsp3) is 0.333. The smallest absolute Gasteiger partial charge is 0.316 e. The Balaban J connectivity index is 1.43. The van der Waals surface area contributed by atoms with Crippen LogP contribution in [0.1, 0.15) is 22.8 Å². The van der Waals surface area contributed by atoms with Crippen LogP contribution < -0.4 is 15.9 Å². The molecular formula is C24H26N4O5. The normalized spacial score (nSPS) is 13.9. The number of aryl methyl sites for hydroxylation is 1. The summed E-state index contributed by atoms with van der Waals surface area (Å²) in [6.07, 6.45) is 0.280. The molecule has 0 bridgehead atoms. The zero-order chi connectivity index (χ0) is 23.5. The van der Waals surface area contributed by atoms with Gasteiger partial charge in [0.25, 0.3) is 5.91 Å². The number of aromatic amines is 1. The third kappa shape index (κ3) is 4.52. The molecule has 0 unspecified atom stereocenters. The van der Waals surface area contributed by atoms with Gasteiger partial charge in [0.2, 0.25) is 5.91 Å². The molecule has 1 fully saturated rings. The Bertz CT molecular complexity index is 1320. The van der Waals surface area contributed by atoms with E-state index in [1.807, 2.05) is 24.3 Å². The molecule has 0 radical (unpaired) electrons. The van der Waals surface area contributed by atoms with Gasteiger partial charge in [-0.05, 0) is 42.8 Å². The van der Waals surface area contributed by atoms with Crippen LogP contribution in [0.4, 0.5) is 0 Å². The number of aromatic nitrogens is 2. The van der Waals surface area contributed by atoms with Gasteiger partial charge in [-0.15, -0.1) is 0 Å². The van der Waals surface area contributed by atoms with Gasteiger partial charge in [-0.1, -0.05) is 12.1 Å². The third-order valence-corrected chi connectivity index (χ3v) is 5.95. The molecule has 3 aromatic rings. The monoisotopic (exact) mass is 450 g/mol. The predicted molar refractivity (Wildman–Crippen MR) is 124 cm³/mol. The van der Waals surface area contributed by atoms with Crippen molar-refractivity contribution >= 4 is 22.8 Å². The Morgan fingerprint density at radius 2 is 1.73 bits per heavy atom. The molecule has 2 amide bonds. The van der Waals surface area contributed by atoms with Crippen LogP contribution in [0.2, 0.25) is 0 Å². The van der Waals surface area contributed by atoms with Crippen LogP contribution in [0.5, 0.6) is 5.75 Å². The van der Waals surface area contributed by atoms with Gasteiger partial charge in [-0.2, -0.15) is 0 Å². The Morgan fingerprint density at radius 1 is 1.00 bits per heavy atom. The Labute approximate surface area is 190 Å². The zero-order valence-electron chi connectivity index (χ0n) is 18.7. The van der Waals surface area contributed by atoms with Gasteiger partial charge < -0.3 is 24.1 Å². The number of piperazine rings is 1. The number of ether oxygens (including phenoxy) is 1. The van der Waals surface area contributed by atoms with Crippen molar-refractivity contribution in [2.75, 3.05) is 33.3 Å². The molecule has 2 aromatic carbocycles. The fourth-order valence-electron chi connectivity index (χ4n) is 4.14. The van der Waals surface area contributed by atoms with Crippen molar-refractivity contribution < 1.29 is 14.3 Å². The number of carbonyl (C=O) groups excluding carboxylic acids is 2. The van der Waals surface area contributed by atoms with Crippen molar-refractivity contribution in [1.82, 2.24) is 19.4 Å². The SMILES string of the molecule is CCn1c(=O)c(=O)[nH]c2cc(C(=O)N3CCN(C(=O)Cc4cccc(OC)c4)CC3)ccc21.